The van der Waals surface area contributed by atoms with Crippen molar-refractivity contribution in [2.75, 3.05) is 10.6 Å². The molecular weight excluding hydrogens is 302 g/mol. The molecule has 1 aromatic heterocycles. The van der Waals surface area contributed by atoms with Gasteiger partial charge in [-0.2, -0.15) is 0 Å². The molecule has 24 heavy (non-hydrogen) atoms. The molecular formula is C19H19N3O2. The fraction of sp³-hybridized carbons (Fsp3) is 0.211. The molecule has 0 saturated heterocycles. The fourth-order valence-electron chi connectivity index (χ4n) is 2.65. The molecule has 2 amide bonds. The topological polar surface area (TPSA) is 71.1 Å². The first-order valence-corrected chi connectivity index (χ1v) is 8.00. The van der Waals surface area contributed by atoms with E-state index in [2.05, 4.69) is 27.8 Å². The Morgan fingerprint density at radius 3 is 2.58 bits per heavy atom. The van der Waals surface area contributed by atoms with Gasteiger partial charge >= 0.3 is 0 Å². The molecule has 5 heteroatoms. The van der Waals surface area contributed by atoms with Gasteiger partial charge in [0.05, 0.1) is 5.56 Å². The van der Waals surface area contributed by atoms with Gasteiger partial charge in [-0.1, -0.05) is 18.2 Å². The molecule has 2 aromatic rings. The molecule has 0 aliphatic heterocycles. The Labute approximate surface area is 140 Å². The average Bonchev–Trinajstić information content (AvgIpc) is 2.63. The van der Waals surface area contributed by atoms with Crippen LogP contribution in [-0.4, -0.2) is 16.8 Å². The van der Waals surface area contributed by atoms with E-state index in [1.54, 1.807) is 36.5 Å². The van der Waals surface area contributed by atoms with Crippen molar-refractivity contribution in [1.29, 1.82) is 0 Å². The zero-order chi connectivity index (χ0) is 16.8. The van der Waals surface area contributed by atoms with Crippen molar-refractivity contribution in [3.63, 3.8) is 0 Å². The van der Waals surface area contributed by atoms with Gasteiger partial charge in [-0.3, -0.25) is 14.6 Å². The van der Waals surface area contributed by atoms with Gasteiger partial charge in [-0.25, -0.2) is 0 Å². The lowest BCUT2D eigenvalue weighted by molar-refractivity contribution is -0.120. The number of anilines is 2. The van der Waals surface area contributed by atoms with Crippen molar-refractivity contribution >= 4 is 23.2 Å². The Balaban J connectivity index is 1.64. The summed E-state index contributed by atoms with van der Waals surface area (Å²) < 4.78 is 0. The van der Waals surface area contributed by atoms with Gasteiger partial charge in [0.2, 0.25) is 5.91 Å². The number of carbonyl (C=O) groups is 2. The molecule has 0 spiro atoms. The van der Waals surface area contributed by atoms with E-state index in [0.717, 1.165) is 19.3 Å². The second kappa shape index (κ2) is 7.55. The number of nitrogens with one attached hydrogen (secondary N) is 2. The maximum absolute atomic E-state index is 12.3. The summed E-state index contributed by atoms with van der Waals surface area (Å²) in [5.74, 6) is -0.192. The molecule has 1 atom stereocenters. The van der Waals surface area contributed by atoms with Crippen LogP contribution in [0.15, 0.2) is 60.9 Å². The summed E-state index contributed by atoms with van der Waals surface area (Å²) in [6, 6.07) is 10.6. The van der Waals surface area contributed by atoms with Gasteiger partial charge < -0.3 is 10.6 Å². The van der Waals surface area contributed by atoms with Crippen LogP contribution in [0.25, 0.3) is 0 Å². The third kappa shape index (κ3) is 4.07. The standard InChI is InChI=1S/C19H19N3O2/c23-18(14-6-2-1-3-7-14)21-16-9-4-10-17(12-16)22-19(24)15-8-5-11-20-13-15/h1-2,4-5,8-14H,3,6-7H2,(H,21,23)(H,22,24). The van der Waals surface area contributed by atoms with Crippen molar-refractivity contribution < 1.29 is 9.59 Å². The van der Waals surface area contributed by atoms with E-state index in [-0.39, 0.29) is 17.7 Å². The predicted molar refractivity (Wildman–Crippen MR) is 93.7 cm³/mol. The minimum Gasteiger partial charge on any atom is -0.326 e. The Bertz CT molecular complexity index is 756. The first-order valence-electron chi connectivity index (χ1n) is 8.00. The smallest absolute Gasteiger partial charge is 0.257 e. The number of hydrogen-bond acceptors (Lipinski definition) is 3. The third-order valence-electron chi connectivity index (χ3n) is 3.95. The van der Waals surface area contributed by atoms with Crippen molar-refractivity contribution in [3.05, 3.63) is 66.5 Å². The highest BCUT2D eigenvalue weighted by molar-refractivity contribution is 6.04. The Hall–Kier alpha value is -2.95. The van der Waals surface area contributed by atoms with E-state index in [0.29, 0.717) is 16.9 Å². The van der Waals surface area contributed by atoms with Crippen LogP contribution < -0.4 is 10.6 Å². The fourth-order valence-corrected chi connectivity index (χ4v) is 2.65. The van der Waals surface area contributed by atoms with Crippen LogP contribution in [0.3, 0.4) is 0 Å². The highest BCUT2D eigenvalue weighted by Crippen LogP contribution is 2.22. The number of aromatic nitrogens is 1. The normalized spacial score (nSPS) is 16.4. The summed E-state index contributed by atoms with van der Waals surface area (Å²) in [5.41, 5.74) is 1.80. The van der Waals surface area contributed by atoms with E-state index in [1.165, 1.54) is 6.20 Å². The molecule has 0 radical (unpaired) electrons. The Kier molecular flexibility index (Phi) is 5.01. The van der Waals surface area contributed by atoms with E-state index in [9.17, 15) is 9.59 Å². The van der Waals surface area contributed by atoms with E-state index >= 15 is 0 Å². The Morgan fingerprint density at radius 1 is 1.04 bits per heavy atom. The lowest BCUT2D eigenvalue weighted by atomic mass is 9.93. The number of amides is 2. The van der Waals surface area contributed by atoms with Crippen molar-refractivity contribution in [1.82, 2.24) is 4.98 Å². The maximum Gasteiger partial charge on any atom is 0.257 e. The minimum absolute atomic E-state index is 0.0173. The van der Waals surface area contributed by atoms with Gasteiger partial charge in [0.25, 0.3) is 5.91 Å². The summed E-state index contributed by atoms with van der Waals surface area (Å²) in [6.07, 6.45) is 9.89. The van der Waals surface area contributed by atoms with Gasteiger partial charge in [0, 0.05) is 29.7 Å². The largest absolute Gasteiger partial charge is 0.326 e. The zero-order valence-electron chi connectivity index (χ0n) is 13.2. The molecule has 122 valence electrons. The number of pyridine rings is 1. The zero-order valence-corrected chi connectivity index (χ0v) is 13.2. The SMILES string of the molecule is O=C(Nc1cccc(NC(=O)C2CC=CCC2)c1)c1cccnc1. The van der Waals surface area contributed by atoms with E-state index in [1.807, 2.05) is 6.07 Å². The molecule has 1 unspecified atom stereocenters. The van der Waals surface area contributed by atoms with Crippen molar-refractivity contribution in [2.24, 2.45) is 5.92 Å². The number of allylic oxidation sites excluding steroid dienone is 2. The van der Waals surface area contributed by atoms with Crippen molar-refractivity contribution in [3.8, 4) is 0 Å². The minimum atomic E-state index is -0.232. The first kappa shape index (κ1) is 15.9. The highest BCUT2D eigenvalue weighted by atomic mass is 16.2. The van der Waals surface area contributed by atoms with E-state index in [4.69, 9.17) is 0 Å². The van der Waals surface area contributed by atoms with Crippen LogP contribution in [0.2, 0.25) is 0 Å². The molecule has 1 aliphatic rings. The molecule has 0 fully saturated rings. The van der Waals surface area contributed by atoms with Crippen LogP contribution in [0.5, 0.6) is 0 Å². The van der Waals surface area contributed by atoms with Gasteiger partial charge in [0.1, 0.15) is 0 Å². The van der Waals surface area contributed by atoms with Crippen LogP contribution >= 0.6 is 0 Å². The number of rotatable bonds is 4. The summed E-state index contributed by atoms with van der Waals surface area (Å²) >= 11 is 0. The molecule has 0 bridgehead atoms. The predicted octanol–water partition coefficient (Wildman–Crippen LogP) is 3.63. The molecule has 3 rings (SSSR count). The lowest BCUT2D eigenvalue weighted by Gasteiger charge is -2.17. The summed E-state index contributed by atoms with van der Waals surface area (Å²) in [6.45, 7) is 0. The lowest BCUT2D eigenvalue weighted by Crippen LogP contribution is -2.23. The second-order valence-electron chi connectivity index (χ2n) is 5.75. The average molecular weight is 321 g/mol. The summed E-state index contributed by atoms with van der Waals surface area (Å²) in [7, 11) is 0. The van der Waals surface area contributed by atoms with Crippen molar-refractivity contribution in [2.45, 2.75) is 19.3 Å². The summed E-state index contributed by atoms with van der Waals surface area (Å²) in [4.78, 5) is 28.4. The van der Waals surface area contributed by atoms with Gasteiger partial charge in [0.15, 0.2) is 0 Å². The van der Waals surface area contributed by atoms with Crippen LogP contribution in [-0.2, 0) is 4.79 Å². The molecule has 1 heterocycles. The van der Waals surface area contributed by atoms with Crippen LogP contribution in [0, 0.1) is 5.92 Å². The van der Waals surface area contributed by atoms with Gasteiger partial charge in [-0.15, -0.1) is 0 Å². The molecule has 0 saturated carbocycles. The first-order chi connectivity index (χ1) is 11.7. The maximum atomic E-state index is 12.3. The quantitative estimate of drug-likeness (QED) is 0.845. The monoisotopic (exact) mass is 321 g/mol. The second-order valence-corrected chi connectivity index (χ2v) is 5.75. The van der Waals surface area contributed by atoms with Gasteiger partial charge in [-0.05, 0) is 49.6 Å². The number of benzene rings is 1. The summed E-state index contributed by atoms with van der Waals surface area (Å²) in [5, 5.41) is 5.74. The number of hydrogen-bond donors (Lipinski definition) is 2. The third-order valence-corrected chi connectivity index (χ3v) is 3.95. The number of carbonyl (C=O) groups excluding carboxylic acids is 2. The van der Waals surface area contributed by atoms with Crippen LogP contribution in [0.4, 0.5) is 11.4 Å². The molecule has 5 nitrogen and oxygen atoms in total. The molecule has 1 aromatic carbocycles. The molecule has 2 N–H and O–H groups in total. The number of nitrogens with zero attached hydrogens (tertiary/aromatic N) is 1. The van der Waals surface area contributed by atoms with Crippen LogP contribution in [0.1, 0.15) is 29.6 Å². The molecule has 1 aliphatic carbocycles. The Morgan fingerprint density at radius 2 is 1.88 bits per heavy atom. The highest BCUT2D eigenvalue weighted by Gasteiger charge is 2.18. The van der Waals surface area contributed by atoms with E-state index < -0.39 is 0 Å².